The average molecular weight is 456 g/mol. The molecule has 1 aliphatic rings. The van der Waals surface area contributed by atoms with Crippen molar-refractivity contribution in [3.63, 3.8) is 0 Å². The third kappa shape index (κ3) is 4.68. The Kier molecular flexibility index (Phi) is 6.54. The molecule has 2 atom stereocenters. The molecule has 0 bridgehead atoms. The Labute approximate surface area is 177 Å². The normalized spacial score (nSPS) is 20.9. The van der Waals surface area contributed by atoms with E-state index in [0.29, 0.717) is 28.9 Å². The van der Waals surface area contributed by atoms with Crippen LogP contribution in [0.1, 0.15) is 16.7 Å². The highest BCUT2D eigenvalue weighted by Gasteiger charge is 2.46. The van der Waals surface area contributed by atoms with Gasteiger partial charge in [-0.25, -0.2) is 21.2 Å². The SMILES string of the molecule is COc1cc(C)c(S(=O)(=O)[C@H]2CS(=O)(=O)C[C@@H]2NCCc2ccccc2F)cc1C. The molecule has 0 unspecified atom stereocenters. The minimum atomic E-state index is -3.91. The number of hydrogen-bond donors (Lipinski definition) is 1. The Morgan fingerprint density at radius 3 is 2.50 bits per heavy atom. The van der Waals surface area contributed by atoms with Crippen LogP contribution in [-0.4, -0.2) is 53.3 Å². The molecular weight excluding hydrogens is 429 g/mol. The van der Waals surface area contributed by atoms with E-state index in [9.17, 15) is 21.2 Å². The lowest BCUT2D eigenvalue weighted by molar-refractivity contribution is 0.411. The standard InChI is InChI=1S/C21H26FNO5S2/c1-14-11-20(15(2)10-19(14)28-3)30(26,27)21-13-29(24,25)12-18(21)23-9-8-16-6-4-5-7-17(16)22/h4-7,10-11,18,21,23H,8-9,12-13H2,1-3H3/t18-,21-/m0/s1. The van der Waals surface area contributed by atoms with Crippen LogP contribution in [0.2, 0.25) is 0 Å². The number of nitrogens with one attached hydrogen (secondary N) is 1. The van der Waals surface area contributed by atoms with Crippen LogP contribution in [0.5, 0.6) is 5.75 Å². The van der Waals surface area contributed by atoms with Crippen molar-refractivity contribution in [1.29, 1.82) is 0 Å². The first kappa shape index (κ1) is 22.7. The van der Waals surface area contributed by atoms with Crippen LogP contribution in [0.15, 0.2) is 41.3 Å². The van der Waals surface area contributed by atoms with E-state index >= 15 is 0 Å². The molecule has 0 aliphatic carbocycles. The van der Waals surface area contributed by atoms with Crippen LogP contribution in [-0.2, 0) is 26.1 Å². The molecular formula is C21H26FNO5S2. The Morgan fingerprint density at radius 1 is 1.13 bits per heavy atom. The number of halogens is 1. The monoisotopic (exact) mass is 455 g/mol. The Bertz CT molecular complexity index is 1150. The molecule has 1 heterocycles. The lowest BCUT2D eigenvalue weighted by atomic mass is 10.1. The molecule has 1 aliphatic heterocycles. The van der Waals surface area contributed by atoms with E-state index in [-0.39, 0.29) is 23.0 Å². The molecule has 1 fully saturated rings. The van der Waals surface area contributed by atoms with Gasteiger partial charge in [0.15, 0.2) is 19.7 Å². The van der Waals surface area contributed by atoms with E-state index in [1.54, 1.807) is 38.1 Å². The fourth-order valence-electron chi connectivity index (χ4n) is 3.86. The number of methoxy groups -OCH3 is 1. The summed E-state index contributed by atoms with van der Waals surface area (Å²) in [6.45, 7) is 3.68. The third-order valence-electron chi connectivity index (χ3n) is 5.46. The van der Waals surface area contributed by atoms with Gasteiger partial charge in [-0.2, -0.15) is 0 Å². The Morgan fingerprint density at radius 2 is 1.83 bits per heavy atom. The molecule has 1 N–H and O–H groups in total. The van der Waals surface area contributed by atoms with Gasteiger partial charge in [0.05, 0.1) is 28.8 Å². The molecule has 3 rings (SSSR count). The minimum Gasteiger partial charge on any atom is -0.496 e. The zero-order chi connectivity index (χ0) is 22.1. The van der Waals surface area contributed by atoms with Crippen LogP contribution in [0.4, 0.5) is 4.39 Å². The highest BCUT2D eigenvalue weighted by atomic mass is 32.2. The Balaban J connectivity index is 1.85. The van der Waals surface area contributed by atoms with Gasteiger partial charge in [-0.05, 0) is 61.7 Å². The maximum atomic E-state index is 13.8. The van der Waals surface area contributed by atoms with E-state index < -0.39 is 36.7 Å². The summed E-state index contributed by atoms with van der Waals surface area (Å²) in [7, 11) is -5.92. The van der Waals surface area contributed by atoms with Crippen molar-refractivity contribution in [2.24, 2.45) is 0 Å². The van der Waals surface area contributed by atoms with Gasteiger partial charge in [-0.3, -0.25) is 0 Å². The predicted molar refractivity (Wildman–Crippen MR) is 114 cm³/mol. The minimum absolute atomic E-state index is 0.115. The number of hydrogen-bond acceptors (Lipinski definition) is 6. The van der Waals surface area contributed by atoms with Crippen molar-refractivity contribution in [3.8, 4) is 5.75 Å². The van der Waals surface area contributed by atoms with Gasteiger partial charge in [-0.1, -0.05) is 18.2 Å². The number of sulfone groups is 2. The summed E-state index contributed by atoms with van der Waals surface area (Å²) in [6.07, 6.45) is 0.330. The lowest BCUT2D eigenvalue weighted by Crippen LogP contribution is -2.44. The van der Waals surface area contributed by atoms with Gasteiger partial charge in [0.1, 0.15) is 11.6 Å². The van der Waals surface area contributed by atoms with Crippen molar-refractivity contribution < 1.29 is 26.0 Å². The first-order valence-corrected chi connectivity index (χ1v) is 13.0. The molecule has 0 amide bonds. The van der Waals surface area contributed by atoms with Gasteiger partial charge in [0.2, 0.25) is 0 Å². The molecule has 1 saturated heterocycles. The van der Waals surface area contributed by atoms with E-state index in [1.165, 1.54) is 19.2 Å². The van der Waals surface area contributed by atoms with Crippen LogP contribution >= 0.6 is 0 Å². The second-order valence-electron chi connectivity index (χ2n) is 7.65. The fraction of sp³-hybridized carbons (Fsp3) is 0.429. The second-order valence-corrected chi connectivity index (χ2v) is 11.9. The summed E-state index contributed by atoms with van der Waals surface area (Å²) in [5.41, 5.74) is 1.66. The van der Waals surface area contributed by atoms with E-state index in [0.717, 1.165) is 0 Å². The van der Waals surface area contributed by atoms with Crippen molar-refractivity contribution >= 4 is 19.7 Å². The molecule has 0 radical (unpaired) electrons. The summed E-state index contributed by atoms with van der Waals surface area (Å²) in [6, 6.07) is 8.75. The summed E-state index contributed by atoms with van der Waals surface area (Å²) < 4.78 is 70.4. The highest BCUT2D eigenvalue weighted by Crippen LogP contribution is 2.31. The predicted octanol–water partition coefficient (Wildman–Crippen LogP) is 2.22. The molecule has 6 nitrogen and oxygen atoms in total. The van der Waals surface area contributed by atoms with Crippen molar-refractivity contribution in [2.45, 2.75) is 36.5 Å². The maximum absolute atomic E-state index is 13.8. The molecule has 164 valence electrons. The van der Waals surface area contributed by atoms with Crippen molar-refractivity contribution in [3.05, 3.63) is 58.9 Å². The summed E-state index contributed by atoms with van der Waals surface area (Å²) >= 11 is 0. The summed E-state index contributed by atoms with van der Waals surface area (Å²) in [5.74, 6) is -0.462. The van der Waals surface area contributed by atoms with Crippen molar-refractivity contribution in [1.82, 2.24) is 5.32 Å². The number of aryl methyl sites for hydroxylation is 2. The average Bonchev–Trinajstić information content (AvgIpc) is 3.00. The third-order valence-corrected chi connectivity index (χ3v) is 9.75. The molecule has 0 spiro atoms. The van der Waals surface area contributed by atoms with Crippen LogP contribution in [0.3, 0.4) is 0 Å². The number of ether oxygens (including phenoxy) is 1. The van der Waals surface area contributed by atoms with Crippen LogP contribution in [0, 0.1) is 19.7 Å². The molecule has 0 saturated carbocycles. The first-order valence-electron chi connectivity index (χ1n) is 9.61. The zero-order valence-corrected chi connectivity index (χ0v) is 18.8. The van der Waals surface area contributed by atoms with Gasteiger partial charge < -0.3 is 10.1 Å². The molecule has 9 heteroatoms. The van der Waals surface area contributed by atoms with Gasteiger partial charge >= 0.3 is 0 Å². The maximum Gasteiger partial charge on any atom is 0.184 e. The molecule has 2 aromatic rings. The van der Waals surface area contributed by atoms with Crippen molar-refractivity contribution in [2.75, 3.05) is 25.2 Å². The van der Waals surface area contributed by atoms with Gasteiger partial charge in [-0.15, -0.1) is 0 Å². The molecule has 30 heavy (non-hydrogen) atoms. The smallest absolute Gasteiger partial charge is 0.184 e. The fourth-order valence-corrected chi connectivity index (χ4v) is 8.88. The topological polar surface area (TPSA) is 89.5 Å². The van der Waals surface area contributed by atoms with Gasteiger partial charge in [0, 0.05) is 6.04 Å². The van der Waals surface area contributed by atoms with Crippen LogP contribution in [0.25, 0.3) is 0 Å². The lowest BCUT2D eigenvalue weighted by Gasteiger charge is -2.21. The summed E-state index contributed by atoms with van der Waals surface area (Å²) in [4.78, 5) is 0.115. The number of rotatable bonds is 7. The van der Waals surface area contributed by atoms with Crippen LogP contribution < -0.4 is 10.1 Å². The largest absolute Gasteiger partial charge is 0.496 e. The summed E-state index contributed by atoms with van der Waals surface area (Å²) in [5, 5.41) is 1.94. The van der Waals surface area contributed by atoms with E-state index in [4.69, 9.17) is 4.74 Å². The zero-order valence-electron chi connectivity index (χ0n) is 17.2. The second kappa shape index (κ2) is 8.64. The highest BCUT2D eigenvalue weighted by molar-refractivity contribution is 7.96. The number of benzene rings is 2. The van der Waals surface area contributed by atoms with E-state index in [2.05, 4.69) is 5.32 Å². The first-order chi connectivity index (χ1) is 14.0. The Hall–Kier alpha value is -1.97. The quantitative estimate of drug-likeness (QED) is 0.689. The van der Waals surface area contributed by atoms with Gasteiger partial charge in [0.25, 0.3) is 0 Å². The van der Waals surface area contributed by atoms with E-state index in [1.807, 2.05) is 0 Å². The molecule has 2 aromatic carbocycles. The molecule has 0 aromatic heterocycles.